The molecule has 0 aliphatic heterocycles. The van der Waals surface area contributed by atoms with Crippen LogP contribution in [0.4, 0.5) is 0 Å². The van der Waals surface area contributed by atoms with E-state index in [-0.39, 0.29) is 13.4 Å². The average Bonchev–Trinajstić information content (AvgIpc) is 2.48. The third kappa shape index (κ3) is 7.98. The van der Waals surface area contributed by atoms with Gasteiger partial charge in [-0.2, -0.15) is 0 Å². The van der Waals surface area contributed by atoms with Crippen LogP contribution in [0.3, 0.4) is 0 Å². The van der Waals surface area contributed by atoms with E-state index in [1.165, 1.54) is 19.3 Å². The molecule has 1 atom stereocenters. The topological polar surface area (TPSA) is 58.2 Å². The van der Waals surface area contributed by atoms with Gasteiger partial charge in [0.25, 0.3) is 0 Å². The number of amides is 1. The first-order valence-corrected chi connectivity index (χ1v) is 7.73. The molecule has 0 spiro atoms. The Labute approximate surface area is 119 Å². The van der Waals surface area contributed by atoms with E-state index >= 15 is 0 Å². The Morgan fingerprint density at radius 3 is 2.47 bits per heavy atom. The summed E-state index contributed by atoms with van der Waals surface area (Å²) in [4.78, 5) is 22.6. The van der Waals surface area contributed by atoms with Gasteiger partial charge in [-0.25, -0.2) is 0 Å². The van der Waals surface area contributed by atoms with Crippen molar-refractivity contribution in [1.82, 2.24) is 10.6 Å². The van der Waals surface area contributed by atoms with Crippen molar-refractivity contribution >= 4 is 12.2 Å². The molecule has 114 valence electrons. The largest absolute Gasteiger partial charge is 0.345 e. The number of hydrogen-bond donors (Lipinski definition) is 2. The van der Waals surface area contributed by atoms with Crippen molar-refractivity contribution in [2.75, 3.05) is 13.1 Å². The second kappa shape index (κ2) is 12.2. The minimum Gasteiger partial charge on any atom is -0.345 e. The van der Waals surface area contributed by atoms with E-state index in [2.05, 4.69) is 17.6 Å². The quantitative estimate of drug-likeness (QED) is 0.553. The second-order valence-electron chi connectivity index (χ2n) is 4.80. The molecule has 1 aliphatic rings. The number of nitrogens with one attached hydrogen (secondary N) is 2. The summed E-state index contributed by atoms with van der Waals surface area (Å²) in [6.45, 7) is 7.20. The van der Waals surface area contributed by atoms with Gasteiger partial charge < -0.3 is 15.4 Å². The fraction of sp³-hybridized carbons (Fsp3) is 0.867. The summed E-state index contributed by atoms with van der Waals surface area (Å²) in [6.07, 6.45) is 7.64. The Hall–Kier alpha value is -0.900. The van der Waals surface area contributed by atoms with Crippen molar-refractivity contribution in [1.29, 1.82) is 0 Å². The maximum absolute atomic E-state index is 11.6. The average molecular weight is 272 g/mol. The van der Waals surface area contributed by atoms with Gasteiger partial charge in [-0.3, -0.25) is 4.79 Å². The van der Waals surface area contributed by atoms with Crippen molar-refractivity contribution < 1.29 is 11.0 Å². The fourth-order valence-electron chi connectivity index (χ4n) is 2.37. The number of hydrogen-bond acceptors (Lipinski definition) is 3. The Balaban J connectivity index is 0. The lowest BCUT2D eigenvalue weighted by atomic mass is 9.84. The molecule has 0 aromatic rings. The minimum absolute atomic E-state index is 0. The van der Waals surface area contributed by atoms with E-state index in [9.17, 15) is 9.59 Å². The van der Waals surface area contributed by atoms with Gasteiger partial charge in [0.2, 0.25) is 5.91 Å². The Morgan fingerprint density at radius 1 is 1.32 bits per heavy atom. The molecule has 0 heterocycles. The summed E-state index contributed by atoms with van der Waals surface area (Å²) >= 11 is 0. The Bertz CT molecular complexity index is 244. The van der Waals surface area contributed by atoms with Crippen LogP contribution < -0.4 is 10.6 Å². The minimum atomic E-state index is -0.286. The smallest absolute Gasteiger partial charge is 0.234 e. The predicted molar refractivity (Wildman–Crippen MR) is 81.2 cm³/mol. The van der Waals surface area contributed by atoms with Crippen molar-refractivity contribution in [2.24, 2.45) is 5.92 Å². The molecule has 19 heavy (non-hydrogen) atoms. The summed E-state index contributed by atoms with van der Waals surface area (Å²) in [6, 6.07) is -0.286. The first-order valence-electron chi connectivity index (χ1n) is 7.73. The van der Waals surface area contributed by atoms with Crippen LogP contribution in [0, 0.1) is 5.92 Å². The van der Waals surface area contributed by atoms with E-state index in [0.717, 1.165) is 32.1 Å². The summed E-state index contributed by atoms with van der Waals surface area (Å²) in [5, 5.41) is 5.87. The lowest BCUT2D eigenvalue weighted by Gasteiger charge is -2.27. The van der Waals surface area contributed by atoms with Crippen LogP contribution in [0.2, 0.25) is 0 Å². The van der Waals surface area contributed by atoms with Crippen molar-refractivity contribution in [3.63, 3.8) is 0 Å². The summed E-state index contributed by atoms with van der Waals surface area (Å²) in [7, 11) is 0. The number of carbonyl (C=O) groups is 2. The van der Waals surface area contributed by atoms with Gasteiger partial charge in [0.1, 0.15) is 6.29 Å². The van der Waals surface area contributed by atoms with Gasteiger partial charge in [0.15, 0.2) is 0 Å². The SMILES string of the molecule is CC.CCCNCC(=O)N[C@H](C=O)C1CCCCC1.[HH]. The zero-order chi connectivity index (χ0) is 14.5. The van der Waals surface area contributed by atoms with Crippen LogP contribution in [0.25, 0.3) is 0 Å². The lowest BCUT2D eigenvalue weighted by Crippen LogP contribution is -2.45. The molecule has 1 saturated carbocycles. The zero-order valence-electron chi connectivity index (χ0n) is 12.7. The summed E-state index contributed by atoms with van der Waals surface area (Å²) in [5.41, 5.74) is 0. The highest BCUT2D eigenvalue weighted by atomic mass is 16.2. The number of carbonyl (C=O) groups excluding carboxylic acids is 2. The monoisotopic (exact) mass is 272 g/mol. The Kier molecular flexibility index (Phi) is 11.6. The van der Waals surface area contributed by atoms with E-state index in [1.807, 2.05) is 13.8 Å². The molecule has 0 unspecified atom stereocenters. The van der Waals surface area contributed by atoms with Gasteiger partial charge in [-0.05, 0) is 31.7 Å². The molecule has 0 aromatic carbocycles. The van der Waals surface area contributed by atoms with Gasteiger partial charge in [0.05, 0.1) is 12.6 Å². The molecule has 0 bridgehead atoms. The van der Waals surface area contributed by atoms with Gasteiger partial charge in [0, 0.05) is 1.43 Å². The lowest BCUT2D eigenvalue weighted by molar-refractivity contribution is -0.124. The van der Waals surface area contributed by atoms with Crippen LogP contribution >= 0.6 is 0 Å². The van der Waals surface area contributed by atoms with Crippen molar-refractivity contribution in [3.8, 4) is 0 Å². The normalized spacial score (nSPS) is 17.0. The molecule has 1 rings (SSSR count). The highest BCUT2D eigenvalue weighted by Crippen LogP contribution is 2.25. The third-order valence-electron chi connectivity index (χ3n) is 3.34. The van der Waals surface area contributed by atoms with Gasteiger partial charge >= 0.3 is 0 Å². The Morgan fingerprint density at radius 2 is 1.95 bits per heavy atom. The summed E-state index contributed by atoms with van der Waals surface area (Å²) < 4.78 is 0. The molecular weight excluding hydrogens is 240 g/mol. The maximum atomic E-state index is 11.6. The van der Waals surface area contributed by atoms with E-state index in [0.29, 0.717) is 12.5 Å². The standard InChI is InChI=1S/C13H24N2O2.C2H6.H2/c1-2-8-14-9-13(17)15-12(10-16)11-6-4-3-5-7-11;1-2;/h10-12,14H,2-9H2,1H3,(H,15,17);1-2H3;1H/t12-;;/m1../s1. The van der Waals surface area contributed by atoms with E-state index < -0.39 is 0 Å². The van der Waals surface area contributed by atoms with Crippen LogP contribution in [-0.4, -0.2) is 31.3 Å². The molecular formula is C15H32N2O2. The number of aldehydes is 1. The molecule has 0 radical (unpaired) electrons. The van der Waals surface area contributed by atoms with Crippen molar-refractivity contribution in [2.45, 2.75) is 65.3 Å². The fourth-order valence-corrected chi connectivity index (χ4v) is 2.37. The predicted octanol–water partition coefficient (Wildman–Crippen LogP) is 2.52. The molecule has 1 amide bonds. The third-order valence-corrected chi connectivity index (χ3v) is 3.34. The molecule has 4 heteroatoms. The van der Waals surface area contributed by atoms with E-state index in [4.69, 9.17) is 0 Å². The molecule has 1 fully saturated rings. The number of rotatable bonds is 7. The van der Waals surface area contributed by atoms with Crippen molar-refractivity contribution in [3.05, 3.63) is 0 Å². The second-order valence-corrected chi connectivity index (χ2v) is 4.80. The maximum Gasteiger partial charge on any atom is 0.234 e. The highest BCUT2D eigenvalue weighted by molar-refractivity contribution is 5.81. The first-order chi connectivity index (χ1) is 9.27. The van der Waals surface area contributed by atoms with Crippen LogP contribution in [0.1, 0.15) is 60.7 Å². The zero-order valence-corrected chi connectivity index (χ0v) is 12.7. The molecule has 2 N–H and O–H groups in total. The van der Waals surface area contributed by atoms with E-state index in [1.54, 1.807) is 0 Å². The molecule has 0 aromatic heterocycles. The van der Waals surface area contributed by atoms with Crippen LogP contribution in [0.5, 0.6) is 0 Å². The highest BCUT2D eigenvalue weighted by Gasteiger charge is 2.24. The van der Waals surface area contributed by atoms with Gasteiger partial charge in [-0.15, -0.1) is 0 Å². The summed E-state index contributed by atoms with van der Waals surface area (Å²) in [5.74, 6) is 0.275. The molecule has 1 aliphatic carbocycles. The molecule has 4 nitrogen and oxygen atoms in total. The van der Waals surface area contributed by atoms with Gasteiger partial charge in [-0.1, -0.05) is 40.0 Å². The van der Waals surface area contributed by atoms with Crippen LogP contribution in [0.15, 0.2) is 0 Å². The first kappa shape index (κ1) is 18.1. The molecule has 0 saturated heterocycles. The van der Waals surface area contributed by atoms with Crippen LogP contribution in [-0.2, 0) is 9.59 Å².